The van der Waals surface area contributed by atoms with E-state index in [1.165, 1.54) is 18.2 Å². The predicted octanol–water partition coefficient (Wildman–Crippen LogP) is 2.88. The van der Waals surface area contributed by atoms with Gasteiger partial charge in [-0.25, -0.2) is 14.0 Å². The SMILES string of the molecule is O=C(N[C@H](C(=O)O)c1cccc(F)c1)OCc1ccccc1. The molecule has 6 heteroatoms. The van der Waals surface area contributed by atoms with Crippen molar-refractivity contribution in [1.29, 1.82) is 0 Å². The second kappa shape index (κ2) is 7.21. The summed E-state index contributed by atoms with van der Waals surface area (Å²) in [7, 11) is 0. The molecule has 1 amide bonds. The molecule has 2 aromatic rings. The summed E-state index contributed by atoms with van der Waals surface area (Å²) in [6.07, 6.45) is -0.888. The number of benzene rings is 2. The van der Waals surface area contributed by atoms with Crippen LogP contribution in [0.5, 0.6) is 0 Å². The van der Waals surface area contributed by atoms with Crippen molar-refractivity contribution in [2.75, 3.05) is 0 Å². The summed E-state index contributed by atoms with van der Waals surface area (Å²) < 4.78 is 18.1. The maximum atomic E-state index is 13.2. The molecule has 0 aliphatic carbocycles. The minimum Gasteiger partial charge on any atom is -0.479 e. The molecule has 22 heavy (non-hydrogen) atoms. The number of carbonyl (C=O) groups excluding carboxylic acids is 1. The Kier molecular flexibility index (Phi) is 5.08. The van der Waals surface area contributed by atoms with Gasteiger partial charge in [0.2, 0.25) is 0 Å². The summed E-state index contributed by atoms with van der Waals surface area (Å²) in [5.74, 6) is -1.88. The van der Waals surface area contributed by atoms with Crippen LogP contribution in [0.15, 0.2) is 54.6 Å². The highest BCUT2D eigenvalue weighted by molar-refractivity contribution is 5.81. The van der Waals surface area contributed by atoms with Gasteiger partial charge in [-0.15, -0.1) is 0 Å². The van der Waals surface area contributed by atoms with Crippen molar-refractivity contribution in [3.63, 3.8) is 0 Å². The Morgan fingerprint density at radius 2 is 1.86 bits per heavy atom. The van der Waals surface area contributed by atoms with Gasteiger partial charge in [0.05, 0.1) is 0 Å². The van der Waals surface area contributed by atoms with Gasteiger partial charge >= 0.3 is 12.1 Å². The number of carbonyl (C=O) groups is 2. The maximum Gasteiger partial charge on any atom is 0.408 e. The van der Waals surface area contributed by atoms with Crippen molar-refractivity contribution >= 4 is 12.1 Å². The molecule has 0 aromatic heterocycles. The minimum absolute atomic E-state index is 0.0160. The summed E-state index contributed by atoms with van der Waals surface area (Å²) in [5, 5.41) is 11.4. The highest BCUT2D eigenvalue weighted by Crippen LogP contribution is 2.15. The van der Waals surface area contributed by atoms with Crippen LogP contribution in [-0.4, -0.2) is 17.2 Å². The first kappa shape index (κ1) is 15.5. The number of hydrogen-bond donors (Lipinski definition) is 2. The van der Waals surface area contributed by atoms with Gasteiger partial charge in [0.15, 0.2) is 6.04 Å². The van der Waals surface area contributed by atoms with Crippen LogP contribution >= 0.6 is 0 Å². The third kappa shape index (κ3) is 4.31. The Balaban J connectivity index is 1.99. The van der Waals surface area contributed by atoms with Crippen LogP contribution in [0, 0.1) is 5.82 Å². The number of alkyl carbamates (subject to hydrolysis) is 1. The minimum atomic E-state index is -1.38. The molecule has 0 spiro atoms. The molecule has 2 N–H and O–H groups in total. The van der Waals surface area contributed by atoms with E-state index in [0.29, 0.717) is 0 Å². The average molecular weight is 303 g/mol. The smallest absolute Gasteiger partial charge is 0.408 e. The summed E-state index contributed by atoms with van der Waals surface area (Å²) in [5.41, 5.74) is 0.902. The zero-order valence-corrected chi connectivity index (χ0v) is 11.5. The van der Waals surface area contributed by atoms with E-state index in [1.807, 2.05) is 6.07 Å². The van der Waals surface area contributed by atoms with Crippen LogP contribution in [-0.2, 0) is 16.1 Å². The Morgan fingerprint density at radius 1 is 1.14 bits per heavy atom. The standard InChI is InChI=1S/C16H14FNO4/c17-13-8-4-7-12(9-13)14(15(19)20)18-16(21)22-10-11-5-2-1-3-6-11/h1-9,14H,10H2,(H,18,21)(H,19,20)/t14-/m0/s1. The molecule has 1 atom stereocenters. The number of ether oxygens (including phenoxy) is 1. The molecule has 0 bridgehead atoms. The number of rotatable bonds is 5. The molecular formula is C16H14FNO4. The summed E-state index contributed by atoms with van der Waals surface area (Å²) >= 11 is 0. The van der Waals surface area contributed by atoms with E-state index in [2.05, 4.69) is 5.32 Å². The number of halogens is 1. The quantitative estimate of drug-likeness (QED) is 0.890. The van der Waals surface area contributed by atoms with E-state index < -0.39 is 23.9 Å². The summed E-state index contributed by atoms with van der Waals surface area (Å²) in [6, 6.07) is 12.6. The fourth-order valence-electron chi connectivity index (χ4n) is 1.86. The van der Waals surface area contributed by atoms with E-state index in [4.69, 9.17) is 9.84 Å². The highest BCUT2D eigenvalue weighted by Gasteiger charge is 2.23. The van der Waals surface area contributed by atoms with Crippen molar-refractivity contribution in [2.45, 2.75) is 12.6 Å². The molecule has 0 aliphatic heterocycles. The number of hydrogen-bond acceptors (Lipinski definition) is 3. The van der Waals surface area contributed by atoms with Gasteiger partial charge in [-0.3, -0.25) is 0 Å². The highest BCUT2D eigenvalue weighted by atomic mass is 19.1. The number of aliphatic carboxylic acids is 1. The molecule has 0 unspecified atom stereocenters. The van der Waals surface area contributed by atoms with Crippen molar-refractivity contribution in [2.24, 2.45) is 0 Å². The van der Waals surface area contributed by atoms with Crippen molar-refractivity contribution < 1.29 is 23.8 Å². The molecular weight excluding hydrogens is 289 g/mol. The molecule has 114 valence electrons. The number of amides is 1. The van der Waals surface area contributed by atoms with Crippen LogP contribution in [0.25, 0.3) is 0 Å². The Morgan fingerprint density at radius 3 is 2.50 bits per heavy atom. The topological polar surface area (TPSA) is 75.6 Å². The zero-order valence-electron chi connectivity index (χ0n) is 11.5. The number of carboxylic acids is 1. The van der Waals surface area contributed by atoms with Gasteiger partial charge in [0.1, 0.15) is 12.4 Å². The Bertz CT molecular complexity index is 660. The molecule has 0 heterocycles. The lowest BCUT2D eigenvalue weighted by Gasteiger charge is -2.15. The first-order chi connectivity index (χ1) is 10.6. The van der Waals surface area contributed by atoms with Crippen LogP contribution in [0.2, 0.25) is 0 Å². The van der Waals surface area contributed by atoms with E-state index in [1.54, 1.807) is 24.3 Å². The lowest BCUT2D eigenvalue weighted by Crippen LogP contribution is -2.34. The third-order valence-electron chi connectivity index (χ3n) is 2.90. The molecule has 2 aromatic carbocycles. The van der Waals surface area contributed by atoms with Crippen LogP contribution in [0.4, 0.5) is 9.18 Å². The van der Waals surface area contributed by atoms with Crippen molar-refractivity contribution in [3.05, 3.63) is 71.5 Å². The zero-order chi connectivity index (χ0) is 15.9. The largest absolute Gasteiger partial charge is 0.479 e. The first-order valence-electron chi connectivity index (χ1n) is 6.52. The van der Waals surface area contributed by atoms with Crippen LogP contribution < -0.4 is 5.32 Å². The molecule has 0 aliphatic rings. The predicted molar refractivity (Wildman–Crippen MR) is 76.5 cm³/mol. The third-order valence-corrected chi connectivity index (χ3v) is 2.90. The lowest BCUT2D eigenvalue weighted by atomic mass is 10.1. The fourth-order valence-corrected chi connectivity index (χ4v) is 1.86. The summed E-state index contributed by atoms with van der Waals surface area (Å²) in [6.45, 7) is 0.0160. The fraction of sp³-hybridized carbons (Fsp3) is 0.125. The van der Waals surface area contributed by atoms with E-state index in [0.717, 1.165) is 11.6 Å². The lowest BCUT2D eigenvalue weighted by molar-refractivity contribution is -0.139. The van der Waals surface area contributed by atoms with Gasteiger partial charge < -0.3 is 15.2 Å². The molecule has 0 saturated heterocycles. The normalized spacial score (nSPS) is 11.5. The monoisotopic (exact) mass is 303 g/mol. The van der Waals surface area contributed by atoms with Crippen molar-refractivity contribution in [3.8, 4) is 0 Å². The molecule has 5 nitrogen and oxygen atoms in total. The Labute approximate surface area is 126 Å². The molecule has 0 saturated carbocycles. The van der Waals surface area contributed by atoms with Gasteiger partial charge in [-0.05, 0) is 23.3 Å². The van der Waals surface area contributed by atoms with Gasteiger partial charge in [0, 0.05) is 0 Å². The maximum absolute atomic E-state index is 13.2. The number of nitrogens with one attached hydrogen (secondary N) is 1. The van der Waals surface area contributed by atoms with E-state index in [-0.39, 0.29) is 12.2 Å². The number of carboxylic acid groups (broad SMARTS) is 1. The van der Waals surface area contributed by atoms with Crippen LogP contribution in [0.1, 0.15) is 17.2 Å². The van der Waals surface area contributed by atoms with Crippen LogP contribution in [0.3, 0.4) is 0 Å². The summed E-state index contributed by atoms with van der Waals surface area (Å²) in [4.78, 5) is 22.9. The molecule has 0 fully saturated rings. The van der Waals surface area contributed by atoms with Gasteiger partial charge in [-0.2, -0.15) is 0 Å². The molecule has 2 rings (SSSR count). The van der Waals surface area contributed by atoms with Gasteiger partial charge in [-0.1, -0.05) is 42.5 Å². The van der Waals surface area contributed by atoms with Crippen molar-refractivity contribution in [1.82, 2.24) is 5.32 Å². The Hall–Kier alpha value is -2.89. The first-order valence-corrected chi connectivity index (χ1v) is 6.52. The van der Waals surface area contributed by atoms with E-state index >= 15 is 0 Å². The second-order valence-corrected chi connectivity index (χ2v) is 4.53. The van der Waals surface area contributed by atoms with Gasteiger partial charge in [0.25, 0.3) is 0 Å². The van der Waals surface area contributed by atoms with E-state index in [9.17, 15) is 14.0 Å². The second-order valence-electron chi connectivity index (χ2n) is 4.53. The average Bonchev–Trinajstić information content (AvgIpc) is 2.51. The molecule has 0 radical (unpaired) electrons.